The normalized spacial score (nSPS) is 16.8. The van der Waals surface area contributed by atoms with E-state index in [1.165, 1.54) is 19.3 Å². The lowest BCUT2D eigenvalue weighted by atomic mass is 9.98. The number of halogens is 1. The van der Waals surface area contributed by atoms with Crippen molar-refractivity contribution in [2.75, 3.05) is 0 Å². The van der Waals surface area contributed by atoms with E-state index in [0.29, 0.717) is 17.1 Å². The molecule has 1 heterocycles. The zero-order valence-electron chi connectivity index (χ0n) is 11.2. The first-order chi connectivity index (χ1) is 8.70. The molecule has 18 heavy (non-hydrogen) atoms. The minimum Gasteiger partial charge on any atom is -0.474 e. The van der Waals surface area contributed by atoms with Crippen molar-refractivity contribution >= 4 is 11.6 Å². The van der Waals surface area contributed by atoms with Gasteiger partial charge in [0.2, 0.25) is 5.88 Å². The van der Waals surface area contributed by atoms with E-state index in [-0.39, 0.29) is 0 Å². The quantitative estimate of drug-likeness (QED) is 0.771. The second-order valence-corrected chi connectivity index (χ2v) is 5.35. The van der Waals surface area contributed by atoms with Gasteiger partial charge < -0.3 is 4.74 Å². The van der Waals surface area contributed by atoms with E-state index in [2.05, 4.69) is 16.9 Å². The number of aryl methyl sites for hydroxylation is 1. The molecular formula is C14H21ClN2O. The largest absolute Gasteiger partial charge is 0.474 e. The van der Waals surface area contributed by atoms with E-state index < -0.39 is 0 Å². The van der Waals surface area contributed by atoms with Crippen molar-refractivity contribution in [2.24, 2.45) is 0 Å². The van der Waals surface area contributed by atoms with Crippen LogP contribution in [-0.4, -0.2) is 16.1 Å². The minimum atomic E-state index is 0.304. The SMILES string of the molecule is CCCc1nc(Cl)c(C)c(OC2CCCCC2)n1. The fourth-order valence-corrected chi connectivity index (χ4v) is 2.48. The number of ether oxygens (including phenoxy) is 1. The lowest BCUT2D eigenvalue weighted by Gasteiger charge is -2.23. The van der Waals surface area contributed by atoms with Crippen molar-refractivity contribution in [1.29, 1.82) is 0 Å². The van der Waals surface area contributed by atoms with Crippen molar-refractivity contribution in [1.82, 2.24) is 9.97 Å². The van der Waals surface area contributed by atoms with Crippen molar-refractivity contribution in [3.05, 3.63) is 16.5 Å². The van der Waals surface area contributed by atoms with E-state index in [9.17, 15) is 0 Å². The summed E-state index contributed by atoms with van der Waals surface area (Å²) in [6.45, 7) is 4.04. The Morgan fingerprint density at radius 2 is 1.94 bits per heavy atom. The summed E-state index contributed by atoms with van der Waals surface area (Å²) < 4.78 is 6.02. The molecule has 0 spiro atoms. The summed E-state index contributed by atoms with van der Waals surface area (Å²) in [5, 5.41) is 0.527. The highest BCUT2D eigenvalue weighted by Gasteiger charge is 2.18. The van der Waals surface area contributed by atoms with Gasteiger partial charge in [-0.15, -0.1) is 0 Å². The van der Waals surface area contributed by atoms with Crippen LogP contribution in [0.4, 0.5) is 0 Å². The molecule has 1 aliphatic rings. The van der Waals surface area contributed by atoms with Crippen LogP contribution in [0.3, 0.4) is 0 Å². The molecule has 0 unspecified atom stereocenters. The van der Waals surface area contributed by atoms with Crippen LogP contribution in [0, 0.1) is 6.92 Å². The van der Waals surface area contributed by atoms with Crippen molar-refractivity contribution in [2.45, 2.75) is 64.9 Å². The number of hydrogen-bond acceptors (Lipinski definition) is 3. The van der Waals surface area contributed by atoms with E-state index in [0.717, 1.165) is 37.1 Å². The van der Waals surface area contributed by atoms with Gasteiger partial charge in [0.05, 0.1) is 0 Å². The van der Waals surface area contributed by atoms with Crippen molar-refractivity contribution in [3.63, 3.8) is 0 Å². The lowest BCUT2D eigenvalue weighted by Crippen LogP contribution is -2.21. The van der Waals surface area contributed by atoms with Crippen molar-refractivity contribution < 1.29 is 4.74 Å². The molecule has 1 aromatic rings. The molecule has 0 aromatic carbocycles. The van der Waals surface area contributed by atoms with Crippen LogP contribution < -0.4 is 4.74 Å². The standard InChI is InChI=1S/C14H21ClN2O/c1-3-7-12-16-13(15)10(2)14(17-12)18-11-8-5-4-6-9-11/h11H,3-9H2,1-2H3. The molecule has 1 fully saturated rings. The third-order valence-electron chi connectivity index (χ3n) is 3.39. The van der Waals surface area contributed by atoms with E-state index in [1.807, 2.05) is 6.92 Å². The Kier molecular flexibility index (Phi) is 4.81. The van der Waals surface area contributed by atoms with Gasteiger partial charge in [-0.1, -0.05) is 24.9 Å². The number of nitrogens with zero attached hydrogens (tertiary/aromatic N) is 2. The first-order valence-corrected chi connectivity index (χ1v) is 7.28. The highest BCUT2D eigenvalue weighted by atomic mass is 35.5. The smallest absolute Gasteiger partial charge is 0.221 e. The topological polar surface area (TPSA) is 35.0 Å². The summed E-state index contributed by atoms with van der Waals surface area (Å²) in [6, 6.07) is 0. The Labute approximate surface area is 114 Å². The van der Waals surface area contributed by atoms with Gasteiger partial charge in [-0.05, 0) is 39.0 Å². The van der Waals surface area contributed by atoms with Gasteiger partial charge in [0, 0.05) is 12.0 Å². The molecule has 1 aliphatic carbocycles. The molecule has 100 valence electrons. The fourth-order valence-electron chi connectivity index (χ4n) is 2.30. The van der Waals surface area contributed by atoms with Gasteiger partial charge in [0.25, 0.3) is 0 Å². The number of rotatable bonds is 4. The summed E-state index contributed by atoms with van der Waals surface area (Å²) >= 11 is 6.14. The predicted molar refractivity (Wildman–Crippen MR) is 73.3 cm³/mol. The van der Waals surface area contributed by atoms with Crippen LogP contribution in [0.15, 0.2) is 0 Å². The average Bonchev–Trinajstić information content (AvgIpc) is 2.37. The van der Waals surface area contributed by atoms with Gasteiger partial charge in [0.1, 0.15) is 17.1 Å². The third kappa shape index (κ3) is 3.35. The van der Waals surface area contributed by atoms with Gasteiger partial charge in [-0.25, -0.2) is 4.98 Å². The maximum absolute atomic E-state index is 6.14. The van der Waals surface area contributed by atoms with Crippen LogP contribution >= 0.6 is 11.6 Å². The molecule has 1 saturated carbocycles. The maximum atomic E-state index is 6.14. The summed E-state index contributed by atoms with van der Waals surface area (Å²) in [5.74, 6) is 1.48. The molecule has 1 aromatic heterocycles. The van der Waals surface area contributed by atoms with Crippen LogP contribution in [-0.2, 0) is 6.42 Å². The molecule has 0 bridgehead atoms. The zero-order valence-corrected chi connectivity index (χ0v) is 12.0. The number of aromatic nitrogens is 2. The second kappa shape index (κ2) is 6.37. The fraction of sp³-hybridized carbons (Fsp3) is 0.714. The van der Waals surface area contributed by atoms with Crippen LogP contribution in [0.1, 0.15) is 56.8 Å². The predicted octanol–water partition coefficient (Wildman–Crippen LogP) is 4.10. The molecule has 0 saturated heterocycles. The van der Waals surface area contributed by atoms with Crippen LogP contribution in [0.2, 0.25) is 5.15 Å². The van der Waals surface area contributed by atoms with Gasteiger partial charge in [0.15, 0.2) is 0 Å². The summed E-state index contributed by atoms with van der Waals surface area (Å²) in [7, 11) is 0. The Balaban J connectivity index is 2.14. The molecule has 0 amide bonds. The Bertz CT molecular complexity index is 403. The molecule has 0 atom stereocenters. The molecule has 0 aliphatic heterocycles. The van der Waals surface area contributed by atoms with Gasteiger partial charge in [-0.3, -0.25) is 0 Å². The molecule has 4 heteroatoms. The van der Waals surface area contributed by atoms with Gasteiger partial charge >= 0.3 is 0 Å². The monoisotopic (exact) mass is 268 g/mol. The van der Waals surface area contributed by atoms with Gasteiger partial charge in [-0.2, -0.15) is 4.98 Å². The van der Waals surface area contributed by atoms with Crippen LogP contribution in [0.5, 0.6) is 5.88 Å². The number of hydrogen-bond donors (Lipinski definition) is 0. The van der Waals surface area contributed by atoms with E-state index in [1.54, 1.807) is 0 Å². The van der Waals surface area contributed by atoms with Crippen LogP contribution in [0.25, 0.3) is 0 Å². The Hall–Kier alpha value is -0.830. The minimum absolute atomic E-state index is 0.304. The summed E-state index contributed by atoms with van der Waals surface area (Å²) in [4.78, 5) is 8.79. The average molecular weight is 269 g/mol. The van der Waals surface area contributed by atoms with Crippen molar-refractivity contribution in [3.8, 4) is 5.88 Å². The highest BCUT2D eigenvalue weighted by molar-refractivity contribution is 6.30. The van der Waals surface area contributed by atoms with E-state index in [4.69, 9.17) is 16.3 Å². The first kappa shape index (κ1) is 13.6. The molecule has 0 N–H and O–H groups in total. The first-order valence-electron chi connectivity index (χ1n) is 6.90. The zero-order chi connectivity index (χ0) is 13.0. The Morgan fingerprint density at radius 1 is 1.22 bits per heavy atom. The summed E-state index contributed by atoms with van der Waals surface area (Å²) in [5.41, 5.74) is 0.863. The molecule has 2 rings (SSSR count). The Morgan fingerprint density at radius 3 is 2.61 bits per heavy atom. The second-order valence-electron chi connectivity index (χ2n) is 4.99. The third-order valence-corrected chi connectivity index (χ3v) is 3.76. The summed E-state index contributed by atoms with van der Waals surface area (Å²) in [6.07, 6.45) is 8.26. The molecular weight excluding hydrogens is 248 g/mol. The maximum Gasteiger partial charge on any atom is 0.221 e. The lowest BCUT2D eigenvalue weighted by molar-refractivity contribution is 0.147. The van der Waals surface area contributed by atoms with E-state index >= 15 is 0 Å². The molecule has 3 nitrogen and oxygen atoms in total. The highest BCUT2D eigenvalue weighted by Crippen LogP contribution is 2.27. The molecule has 0 radical (unpaired) electrons.